The zero-order valence-electron chi connectivity index (χ0n) is 13.3. The third kappa shape index (κ3) is 4.77. The van der Waals surface area contributed by atoms with Crippen LogP contribution in [-0.4, -0.2) is 19.5 Å². The van der Waals surface area contributed by atoms with Crippen LogP contribution in [0.25, 0.3) is 0 Å². The predicted octanol–water partition coefficient (Wildman–Crippen LogP) is 3.02. The average molecular weight is 298 g/mol. The molecule has 118 valence electrons. The molecule has 0 saturated carbocycles. The fraction of sp³-hybridized carbons (Fsp3) is 0.562. The van der Waals surface area contributed by atoms with Crippen LogP contribution in [0.15, 0.2) is 18.2 Å². The summed E-state index contributed by atoms with van der Waals surface area (Å²) in [5, 5.41) is 5.81. The zero-order valence-corrected chi connectivity index (χ0v) is 13.3. The van der Waals surface area contributed by atoms with E-state index in [1.165, 1.54) is 12.1 Å². The molecule has 0 aliphatic rings. The molecular weight excluding hydrogens is 274 g/mol. The molecule has 1 aromatic carbocycles. The van der Waals surface area contributed by atoms with Gasteiger partial charge in [-0.2, -0.15) is 0 Å². The third-order valence-electron chi connectivity index (χ3n) is 3.38. The largest absolute Gasteiger partial charge is 0.348 e. The number of hydrogen-bond donors (Lipinski definition) is 2. The Kier molecular flexibility index (Phi) is 5.84. The number of rotatable bonds is 5. The number of carbonyl (C=O) groups is 1. The highest BCUT2D eigenvalue weighted by atomic mass is 19.1. The molecule has 0 heterocycles. The summed E-state index contributed by atoms with van der Waals surface area (Å²) in [5.74, 6) is -1.66. The Morgan fingerprint density at radius 3 is 2.38 bits per heavy atom. The molecule has 2 N–H and O–H groups in total. The molecule has 0 aromatic heterocycles. The van der Waals surface area contributed by atoms with E-state index in [2.05, 4.69) is 10.6 Å². The van der Waals surface area contributed by atoms with Gasteiger partial charge in [-0.3, -0.25) is 4.79 Å². The Morgan fingerprint density at radius 1 is 1.29 bits per heavy atom. The third-order valence-corrected chi connectivity index (χ3v) is 3.38. The van der Waals surface area contributed by atoms with Gasteiger partial charge in [0.1, 0.15) is 11.6 Å². The van der Waals surface area contributed by atoms with Crippen LogP contribution < -0.4 is 10.6 Å². The molecule has 0 bridgehead atoms. The van der Waals surface area contributed by atoms with Gasteiger partial charge in [0.25, 0.3) is 0 Å². The topological polar surface area (TPSA) is 41.1 Å². The van der Waals surface area contributed by atoms with Crippen LogP contribution in [0.3, 0.4) is 0 Å². The van der Waals surface area contributed by atoms with Crippen LogP contribution in [0.2, 0.25) is 0 Å². The Hall–Kier alpha value is -1.49. The lowest BCUT2D eigenvalue weighted by molar-refractivity contribution is -0.126. The van der Waals surface area contributed by atoms with Gasteiger partial charge in [-0.1, -0.05) is 33.8 Å². The van der Waals surface area contributed by atoms with Crippen LogP contribution in [0, 0.1) is 23.0 Å². The van der Waals surface area contributed by atoms with E-state index in [0.717, 1.165) is 6.07 Å². The van der Waals surface area contributed by atoms with Gasteiger partial charge in [0, 0.05) is 24.1 Å². The van der Waals surface area contributed by atoms with E-state index in [-0.39, 0.29) is 11.8 Å². The van der Waals surface area contributed by atoms with Crippen molar-refractivity contribution < 1.29 is 13.6 Å². The number of halogens is 2. The first kappa shape index (κ1) is 17.6. The molecule has 1 amide bonds. The maximum Gasteiger partial charge on any atom is 0.224 e. The molecule has 0 spiro atoms. The normalized spacial score (nSPS) is 14.6. The molecule has 1 aromatic rings. The summed E-state index contributed by atoms with van der Waals surface area (Å²) in [5.41, 5.74) is -0.0952. The van der Waals surface area contributed by atoms with E-state index in [4.69, 9.17) is 0 Å². The highest BCUT2D eigenvalue weighted by molar-refractivity contribution is 5.79. The lowest BCUT2D eigenvalue weighted by Crippen LogP contribution is -2.41. The first-order valence-electron chi connectivity index (χ1n) is 7.06. The second-order valence-corrected chi connectivity index (χ2v) is 6.43. The minimum atomic E-state index is -0.642. The molecule has 0 aliphatic heterocycles. The number of hydrogen-bond acceptors (Lipinski definition) is 2. The second kappa shape index (κ2) is 6.98. The molecule has 1 rings (SSSR count). The standard InChI is InChI=1S/C16H24F2N2O/c1-10(9-19-5)15(21)20-14(16(2,3)4)12-7-6-11(17)8-13(12)18/h6-8,10,14,19H,9H2,1-5H3,(H,20,21). The molecular formula is C16H24F2N2O. The van der Waals surface area contributed by atoms with Crippen LogP contribution in [0.4, 0.5) is 8.78 Å². The number of carbonyl (C=O) groups excluding carboxylic acids is 1. The summed E-state index contributed by atoms with van der Waals surface area (Å²) >= 11 is 0. The molecule has 2 unspecified atom stereocenters. The van der Waals surface area contributed by atoms with Crippen molar-refractivity contribution in [1.82, 2.24) is 10.6 Å². The van der Waals surface area contributed by atoms with E-state index in [9.17, 15) is 13.6 Å². The summed E-state index contributed by atoms with van der Waals surface area (Å²) in [6.45, 7) is 8.05. The fourth-order valence-electron chi connectivity index (χ4n) is 2.18. The van der Waals surface area contributed by atoms with Crippen molar-refractivity contribution in [2.45, 2.75) is 33.7 Å². The summed E-state index contributed by atoms with van der Waals surface area (Å²) in [6.07, 6.45) is 0. The minimum Gasteiger partial charge on any atom is -0.348 e. The van der Waals surface area contributed by atoms with E-state index in [1.54, 1.807) is 14.0 Å². The smallest absolute Gasteiger partial charge is 0.224 e. The fourth-order valence-corrected chi connectivity index (χ4v) is 2.18. The molecule has 2 atom stereocenters. The number of nitrogens with one attached hydrogen (secondary N) is 2. The Bertz CT molecular complexity index is 498. The molecule has 3 nitrogen and oxygen atoms in total. The first-order valence-corrected chi connectivity index (χ1v) is 7.06. The highest BCUT2D eigenvalue weighted by Crippen LogP contribution is 2.34. The lowest BCUT2D eigenvalue weighted by Gasteiger charge is -2.33. The van der Waals surface area contributed by atoms with Gasteiger partial charge in [0.05, 0.1) is 6.04 Å². The van der Waals surface area contributed by atoms with Gasteiger partial charge in [-0.25, -0.2) is 8.78 Å². The van der Waals surface area contributed by atoms with Crippen molar-refractivity contribution in [2.75, 3.05) is 13.6 Å². The van der Waals surface area contributed by atoms with Crippen LogP contribution in [-0.2, 0) is 4.79 Å². The predicted molar refractivity (Wildman–Crippen MR) is 79.8 cm³/mol. The average Bonchev–Trinajstić information content (AvgIpc) is 2.35. The zero-order chi connectivity index (χ0) is 16.2. The molecule has 5 heteroatoms. The molecule has 0 radical (unpaired) electrons. The van der Waals surface area contributed by atoms with Crippen molar-refractivity contribution in [3.8, 4) is 0 Å². The van der Waals surface area contributed by atoms with Crippen LogP contribution in [0.1, 0.15) is 39.3 Å². The molecule has 0 saturated heterocycles. The van der Waals surface area contributed by atoms with Crippen molar-refractivity contribution >= 4 is 5.91 Å². The van der Waals surface area contributed by atoms with Crippen molar-refractivity contribution in [2.24, 2.45) is 11.3 Å². The lowest BCUT2D eigenvalue weighted by atomic mass is 9.81. The van der Waals surface area contributed by atoms with E-state index < -0.39 is 23.1 Å². The van der Waals surface area contributed by atoms with E-state index >= 15 is 0 Å². The maximum absolute atomic E-state index is 14.0. The Morgan fingerprint density at radius 2 is 1.90 bits per heavy atom. The maximum atomic E-state index is 14.0. The monoisotopic (exact) mass is 298 g/mol. The van der Waals surface area contributed by atoms with Gasteiger partial charge >= 0.3 is 0 Å². The van der Waals surface area contributed by atoms with Gasteiger partial charge in [-0.15, -0.1) is 0 Å². The van der Waals surface area contributed by atoms with Crippen molar-refractivity contribution in [3.63, 3.8) is 0 Å². The Balaban J connectivity index is 3.05. The second-order valence-electron chi connectivity index (χ2n) is 6.43. The van der Waals surface area contributed by atoms with Gasteiger partial charge in [0.2, 0.25) is 5.91 Å². The number of amides is 1. The van der Waals surface area contributed by atoms with Gasteiger partial charge in [0.15, 0.2) is 0 Å². The quantitative estimate of drug-likeness (QED) is 0.877. The summed E-state index contributed by atoms with van der Waals surface area (Å²) in [4.78, 5) is 12.2. The minimum absolute atomic E-state index is 0.159. The van der Waals surface area contributed by atoms with Gasteiger partial charge < -0.3 is 10.6 Å². The molecule has 0 aliphatic carbocycles. The first-order chi connectivity index (χ1) is 9.66. The molecule has 21 heavy (non-hydrogen) atoms. The van der Waals surface area contributed by atoms with Crippen LogP contribution >= 0.6 is 0 Å². The summed E-state index contributed by atoms with van der Waals surface area (Å²) in [7, 11) is 1.77. The number of benzene rings is 1. The van der Waals surface area contributed by atoms with Crippen molar-refractivity contribution in [3.05, 3.63) is 35.4 Å². The van der Waals surface area contributed by atoms with Gasteiger partial charge in [-0.05, 0) is 18.5 Å². The SMILES string of the molecule is CNCC(C)C(=O)NC(c1ccc(F)cc1F)C(C)(C)C. The van der Waals surface area contributed by atoms with Crippen LogP contribution in [0.5, 0.6) is 0 Å². The van der Waals surface area contributed by atoms with E-state index in [0.29, 0.717) is 12.1 Å². The van der Waals surface area contributed by atoms with E-state index in [1.807, 2.05) is 20.8 Å². The molecule has 0 fully saturated rings. The highest BCUT2D eigenvalue weighted by Gasteiger charge is 2.31. The Labute approximate surface area is 125 Å². The van der Waals surface area contributed by atoms with Crippen molar-refractivity contribution in [1.29, 1.82) is 0 Å². The summed E-state index contributed by atoms with van der Waals surface area (Å²) < 4.78 is 27.1. The summed E-state index contributed by atoms with van der Waals surface area (Å²) in [6, 6.07) is 2.92.